The molecule has 0 radical (unpaired) electrons. The van der Waals surface area contributed by atoms with Gasteiger partial charge in [-0.2, -0.15) is 0 Å². The van der Waals surface area contributed by atoms with Crippen molar-refractivity contribution in [2.24, 2.45) is 5.41 Å². The van der Waals surface area contributed by atoms with E-state index in [0.717, 1.165) is 0 Å². The van der Waals surface area contributed by atoms with Crippen molar-refractivity contribution < 1.29 is 14.4 Å². The van der Waals surface area contributed by atoms with Crippen molar-refractivity contribution in [3.05, 3.63) is 48.0 Å². The largest absolute Gasteiger partial charge is 0.354 e. The molecule has 0 fully saturated rings. The van der Waals surface area contributed by atoms with E-state index in [-0.39, 0.29) is 30.8 Å². The summed E-state index contributed by atoms with van der Waals surface area (Å²) in [5.74, 6) is -0.768. The highest BCUT2D eigenvalue weighted by molar-refractivity contribution is 6.21. The van der Waals surface area contributed by atoms with E-state index in [1.54, 1.807) is 37.3 Å². The van der Waals surface area contributed by atoms with E-state index in [1.807, 2.05) is 6.92 Å². The van der Waals surface area contributed by atoms with Gasteiger partial charge in [0, 0.05) is 13.1 Å². The summed E-state index contributed by atoms with van der Waals surface area (Å²) < 4.78 is 0. The van der Waals surface area contributed by atoms with Crippen LogP contribution in [0.5, 0.6) is 0 Å². The van der Waals surface area contributed by atoms with E-state index in [9.17, 15) is 14.4 Å². The lowest BCUT2D eigenvalue weighted by Gasteiger charge is -2.23. The maximum absolute atomic E-state index is 12.2. The number of nitrogens with zero attached hydrogens (tertiary/aromatic N) is 1. The summed E-state index contributed by atoms with van der Waals surface area (Å²) in [6.07, 6.45) is 2.25. The van der Waals surface area contributed by atoms with Gasteiger partial charge in [-0.15, -0.1) is 6.58 Å². The van der Waals surface area contributed by atoms with Crippen LogP contribution in [0.4, 0.5) is 0 Å². The Kier molecular flexibility index (Phi) is 4.45. The first-order valence-corrected chi connectivity index (χ1v) is 7.31. The Balaban J connectivity index is 1.97. The van der Waals surface area contributed by atoms with Crippen molar-refractivity contribution in [2.45, 2.75) is 20.3 Å². The van der Waals surface area contributed by atoms with Gasteiger partial charge in [-0.05, 0) is 25.5 Å². The van der Waals surface area contributed by atoms with Crippen LogP contribution in [0.3, 0.4) is 0 Å². The molecular weight excluding hydrogens is 280 g/mol. The lowest BCUT2D eigenvalue weighted by molar-refractivity contribution is -0.128. The predicted octanol–water partition coefficient (Wildman–Crippen LogP) is 2.00. The molecule has 5 nitrogen and oxygen atoms in total. The molecule has 0 aliphatic carbocycles. The predicted molar refractivity (Wildman–Crippen MR) is 83.4 cm³/mol. The Labute approximate surface area is 130 Å². The lowest BCUT2D eigenvalue weighted by atomic mass is 9.87. The van der Waals surface area contributed by atoms with Gasteiger partial charge in [-0.3, -0.25) is 19.3 Å². The van der Waals surface area contributed by atoms with E-state index in [1.165, 1.54) is 4.90 Å². The second kappa shape index (κ2) is 6.13. The molecule has 1 atom stereocenters. The molecule has 1 aliphatic heterocycles. The van der Waals surface area contributed by atoms with Crippen molar-refractivity contribution in [3.63, 3.8) is 0 Å². The standard InChI is InChI=1S/C17H20N2O3/c1-4-17(3,5-2)16(22)18-10-11-19-14(20)12-8-6-7-9-13(12)15(19)21/h4,6-9H,1,5,10-11H2,2-3H3,(H,18,22)/t17-/m0/s1. The molecule has 1 heterocycles. The zero-order valence-corrected chi connectivity index (χ0v) is 12.9. The van der Waals surface area contributed by atoms with Crippen molar-refractivity contribution in [3.8, 4) is 0 Å². The first kappa shape index (κ1) is 15.9. The molecule has 1 aliphatic rings. The molecule has 116 valence electrons. The summed E-state index contributed by atoms with van der Waals surface area (Å²) in [6, 6.07) is 6.73. The Hall–Kier alpha value is -2.43. The zero-order valence-electron chi connectivity index (χ0n) is 12.9. The van der Waals surface area contributed by atoms with Crippen LogP contribution in [0.1, 0.15) is 41.0 Å². The van der Waals surface area contributed by atoms with Crippen LogP contribution in [0.25, 0.3) is 0 Å². The average Bonchev–Trinajstić information content (AvgIpc) is 2.79. The SMILES string of the molecule is C=C[C@@](C)(CC)C(=O)NCCN1C(=O)c2ccccc2C1=O. The minimum Gasteiger partial charge on any atom is -0.354 e. The molecule has 0 bridgehead atoms. The first-order chi connectivity index (χ1) is 10.4. The number of nitrogens with one attached hydrogen (secondary N) is 1. The number of imide groups is 1. The van der Waals surface area contributed by atoms with Gasteiger partial charge in [-0.1, -0.05) is 25.1 Å². The second-order valence-electron chi connectivity index (χ2n) is 5.54. The molecule has 1 aromatic carbocycles. The van der Waals surface area contributed by atoms with Crippen LogP contribution in [0.15, 0.2) is 36.9 Å². The van der Waals surface area contributed by atoms with Crippen molar-refractivity contribution in [2.75, 3.05) is 13.1 Å². The van der Waals surface area contributed by atoms with Gasteiger partial charge in [0.2, 0.25) is 5.91 Å². The quantitative estimate of drug-likeness (QED) is 0.645. The highest BCUT2D eigenvalue weighted by atomic mass is 16.2. The minimum atomic E-state index is -0.637. The number of hydrogen-bond donors (Lipinski definition) is 1. The number of carbonyl (C=O) groups excluding carboxylic acids is 3. The molecule has 0 aromatic heterocycles. The molecule has 0 unspecified atom stereocenters. The molecule has 5 heteroatoms. The van der Waals surface area contributed by atoms with E-state index < -0.39 is 5.41 Å². The fraction of sp³-hybridized carbons (Fsp3) is 0.353. The van der Waals surface area contributed by atoms with Crippen LogP contribution >= 0.6 is 0 Å². The molecule has 1 aromatic rings. The summed E-state index contributed by atoms with van der Waals surface area (Å²) in [5.41, 5.74) is 0.203. The zero-order chi connectivity index (χ0) is 16.3. The topological polar surface area (TPSA) is 66.5 Å². The summed E-state index contributed by atoms with van der Waals surface area (Å²) >= 11 is 0. The Bertz CT molecular complexity index is 604. The van der Waals surface area contributed by atoms with Gasteiger partial charge in [-0.25, -0.2) is 0 Å². The smallest absolute Gasteiger partial charge is 0.261 e. The monoisotopic (exact) mass is 300 g/mol. The van der Waals surface area contributed by atoms with Crippen LogP contribution in [0, 0.1) is 5.41 Å². The average molecular weight is 300 g/mol. The summed E-state index contributed by atoms with van der Waals surface area (Å²) in [7, 11) is 0. The van der Waals surface area contributed by atoms with Crippen molar-refractivity contribution >= 4 is 17.7 Å². The van der Waals surface area contributed by atoms with Crippen LogP contribution in [0.2, 0.25) is 0 Å². The van der Waals surface area contributed by atoms with E-state index >= 15 is 0 Å². The summed E-state index contributed by atoms with van der Waals surface area (Å²) in [6.45, 7) is 7.78. The lowest BCUT2D eigenvalue weighted by Crippen LogP contribution is -2.42. The number of carbonyl (C=O) groups is 3. The van der Waals surface area contributed by atoms with E-state index in [2.05, 4.69) is 11.9 Å². The van der Waals surface area contributed by atoms with Gasteiger partial charge < -0.3 is 5.32 Å². The minimum absolute atomic E-state index is 0.151. The van der Waals surface area contributed by atoms with Gasteiger partial charge in [0.15, 0.2) is 0 Å². The number of rotatable bonds is 6. The van der Waals surface area contributed by atoms with E-state index in [4.69, 9.17) is 0 Å². The third kappa shape index (κ3) is 2.66. The Morgan fingerprint density at radius 3 is 2.27 bits per heavy atom. The third-order valence-electron chi connectivity index (χ3n) is 4.20. The molecule has 0 saturated carbocycles. The van der Waals surface area contributed by atoms with Gasteiger partial charge >= 0.3 is 0 Å². The molecule has 0 saturated heterocycles. The molecule has 1 N–H and O–H groups in total. The maximum atomic E-state index is 12.2. The van der Waals surface area contributed by atoms with Gasteiger partial charge in [0.25, 0.3) is 11.8 Å². The first-order valence-electron chi connectivity index (χ1n) is 7.31. The fourth-order valence-electron chi connectivity index (χ4n) is 2.32. The molecular formula is C17H20N2O3. The highest BCUT2D eigenvalue weighted by Crippen LogP contribution is 2.23. The van der Waals surface area contributed by atoms with Gasteiger partial charge in [0.05, 0.1) is 16.5 Å². The van der Waals surface area contributed by atoms with Crippen molar-refractivity contribution in [1.29, 1.82) is 0 Å². The van der Waals surface area contributed by atoms with Crippen LogP contribution in [-0.4, -0.2) is 35.7 Å². The summed E-state index contributed by atoms with van der Waals surface area (Å²) in [5, 5.41) is 2.76. The van der Waals surface area contributed by atoms with Crippen LogP contribution in [-0.2, 0) is 4.79 Å². The van der Waals surface area contributed by atoms with Crippen molar-refractivity contribution in [1.82, 2.24) is 10.2 Å². The molecule has 0 spiro atoms. The number of fused-ring (bicyclic) bond motifs is 1. The molecule has 2 rings (SSSR count). The number of benzene rings is 1. The number of hydrogen-bond acceptors (Lipinski definition) is 3. The van der Waals surface area contributed by atoms with Gasteiger partial charge in [0.1, 0.15) is 0 Å². The highest BCUT2D eigenvalue weighted by Gasteiger charge is 2.35. The molecule has 3 amide bonds. The normalized spacial score (nSPS) is 16.2. The van der Waals surface area contributed by atoms with Crippen LogP contribution < -0.4 is 5.32 Å². The van der Waals surface area contributed by atoms with E-state index in [0.29, 0.717) is 17.5 Å². The maximum Gasteiger partial charge on any atom is 0.261 e. The fourth-order valence-corrected chi connectivity index (χ4v) is 2.32. The third-order valence-corrected chi connectivity index (χ3v) is 4.20. The molecule has 22 heavy (non-hydrogen) atoms. The Morgan fingerprint density at radius 1 is 1.27 bits per heavy atom. The Morgan fingerprint density at radius 2 is 1.82 bits per heavy atom. The number of amides is 3. The summed E-state index contributed by atoms with van der Waals surface area (Å²) in [4.78, 5) is 37.6. The second-order valence-corrected chi connectivity index (χ2v) is 5.54.